The van der Waals surface area contributed by atoms with Crippen LogP contribution in [0, 0.1) is 12.8 Å². The standard InChI is InChI=1S/C25H28N2O3/c1-17-20-11-10-19-8-4-5-9-21(19)24(20)30-23(17)25(29)27-14-12-26(13-15-27)22(28)16-18-6-2-3-7-18/h4-5,8-11,18H,2-3,6-7,12-16H2,1H3. The number of amides is 2. The Kier molecular flexibility index (Phi) is 4.97. The lowest BCUT2D eigenvalue weighted by Crippen LogP contribution is -2.50. The lowest BCUT2D eigenvalue weighted by atomic mass is 10.0. The van der Waals surface area contributed by atoms with Crippen LogP contribution in [0.5, 0.6) is 0 Å². The van der Waals surface area contributed by atoms with Gasteiger partial charge in [0.1, 0.15) is 5.58 Å². The summed E-state index contributed by atoms with van der Waals surface area (Å²) in [6, 6.07) is 12.2. The van der Waals surface area contributed by atoms with E-state index in [1.54, 1.807) is 0 Å². The molecule has 1 aliphatic carbocycles. The molecule has 0 atom stereocenters. The third kappa shape index (κ3) is 3.36. The van der Waals surface area contributed by atoms with Gasteiger partial charge in [0.15, 0.2) is 5.76 Å². The highest BCUT2D eigenvalue weighted by Crippen LogP contribution is 2.32. The Morgan fingerprint density at radius 2 is 1.63 bits per heavy atom. The number of carbonyl (C=O) groups excluding carboxylic acids is 2. The maximum Gasteiger partial charge on any atom is 0.290 e. The van der Waals surface area contributed by atoms with Crippen molar-refractivity contribution in [3.05, 3.63) is 47.7 Å². The smallest absolute Gasteiger partial charge is 0.290 e. The van der Waals surface area contributed by atoms with E-state index in [9.17, 15) is 9.59 Å². The Morgan fingerprint density at radius 1 is 0.933 bits per heavy atom. The number of hydrogen-bond donors (Lipinski definition) is 0. The van der Waals surface area contributed by atoms with E-state index in [-0.39, 0.29) is 11.8 Å². The van der Waals surface area contributed by atoms with Gasteiger partial charge in [-0.1, -0.05) is 49.2 Å². The quantitative estimate of drug-likeness (QED) is 0.632. The number of carbonyl (C=O) groups is 2. The Balaban J connectivity index is 1.31. The fraction of sp³-hybridized carbons (Fsp3) is 0.440. The third-order valence-electron chi connectivity index (χ3n) is 6.88. The highest BCUT2D eigenvalue weighted by molar-refractivity contribution is 6.08. The van der Waals surface area contributed by atoms with Gasteiger partial charge in [0.05, 0.1) is 0 Å². The summed E-state index contributed by atoms with van der Waals surface area (Å²) in [5, 5.41) is 3.12. The normalized spacial score (nSPS) is 17.9. The molecule has 3 aromatic rings. The van der Waals surface area contributed by atoms with Crippen LogP contribution >= 0.6 is 0 Å². The molecule has 0 bridgehead atoms. The van der Waals surface area contributed by atoms with Crippen LogP contribution in [0.15, 0.2) is 40.8 Å². The van der Waals surface area contributed by atoms with Crippen molar-refractivity contribution in [1.82, 2.24) is 9.80 Å². The van der Waals surface area contributed by atoms with E-state index in [1.165, 1.54) is 25.7 Å². The summed E-state index contributed by atoms with van der Waals surface area (Å²) in [6.07, 6.45) is 5.55. The Bertz CT molecular complexity index is 1100. The number of benzene rings is 2. The van der Waals surface area contributed by atoms with Crippen LogP contribution in [0.25, 0.3) is 21.7 Å². The summed E-state index contributed by atoms with van der Waals surface area (Å²) in [5.41, 5.74) is 1.67. The van der Waals surface area contributed by atoms with E-state index in [2.05, 4.69) is 12.1 Å². The molecule has 1 aliphatic heterocycles. The van der Waals surface area contributed by atoms with Crippen LogP contribution in [0.4, 0.5) is 0 Å². The minimum absolute atomic E-state index is 0.0735. The van der Waals surface area contributed by atoms with Gasteiger partial charge >= 0.3 is 0 Å². The van der Waals surface area contributed by atoms with Gasteiger partial charge in [-0.15, -0.1) is 0 Å². The van der Waals surface area contributed by atoms with Crippen LogP contribution in [0.3, 0.4) is 0 Å². The van der Waals surface area contributed by atoms with E-state index < -0.39 is 0 Å². The van der Waals surface area contributed by atoms with Crippen molar-refractivity contribution in [3.63, 3.8) is 0 Å². The largest absolute Gasteiger partial charge is 0.450 e. The molecule has 1 aromatic heterocycles. The number of aryl methyl sites for hydroxylation is 1. The molecule has 0 spiro atoms. The molecule has 0 radical (unpaired) electrons. The number of rotatable bonds is 3. The molecule has 30 heavy (non-hydrogen) atoms. The minimum atomic E-state index is -0.0735. The van der Waals surface area contributed by atoms with Gasteiger partial charge in [-0.25, -0.2) is 0 Å². The fourth-order valence-corrected chi connectivity index (χ4v) is 5.05. The fourth-order valence-electron chi connectivity index (χ4n) is 5.05. The molecule has 1 saturated heterocycles. The molecule has 2 aromatic carbocycles. The number of nitrogens with zero attached hydrogens (tertiary/aromatic N) is 2. The van der Waals surface area contributed by atoms with E-state index in [1.807, 2.05) is 41.0 Å². The zero-order valence-electron chi connectivity index (χ0n) is 17.5. The van der Waals surface area contributed by atoms with Gasteiger partial charge in [0, 0.05) is 48.9 Å². The summed E-state index contributed by atoms with van der Waals surface area (Å²) in [5.74, 6) is 1.16. The molecule has 2 fully saturated rings. The van der Waals surface area contributed by atoms with Crippen molar-refractivity contribution in [2.75, 3.05) is 26.2 Å². The lowest BCUT2D eigenvalue weighted by molar-refractivity contribution is -0.133. The number of fused-ring (bicyclic) bond motifs is 3. The van der Waals surface area contributed by atoms with Gasteiger partial charge in [-0.2, -0.15) is 0 Å². The lowest BCUT2D eigenvalue weighted by Gasteiger charge is -2.35. The first kappa shape index (κ1) is 19.2. The molecule has 5 rings (SSSR count). The zero-order valence-corrected chi connectivity index (χ0v) is 17.5. The van der Waals surface area contributed by atoms with Crippen LogP contribution in [0.2, 0.25) is 0 Å². The topological polar surface area (TPSA) is 53.8 Å². The average molecular weight is 405 g/mol. The zero-order chi connectivity index (χ0) is 20.7. The van der Waals surface area contributed by atoms with E-state index in [0.717, 1.165) is 27.3 Å². The van der Waals surface area contributed by atoms with Crippen LogP contribution in [-0.2, 0) is 4.79 Å². The summed E-state index contributed by atoms with van der Waals surface area (Å²) in [4.78, 5) is 29.6. The Hall–Kier alpha value is -2.82. The van der Waals surface area contributed by atoms with Gasteiger partial charge < -0.3 is 14.2 Å². The summed E-state index contributed by atoms with van der Waals surface area (Å²) in [6.45, 7) is 4.30. The van der Waals surface area contributed by atoms with E-state index in [0.29, 0.717) is 44.3 Å². The van der Waals surface area contributed by atoms with Gasteiger partial charge in [0.2, 0.25) is 5.91 Å². The molecular formula is C25H28N2O3. The molecule has 1 saturated carbocycles. The molecule has 156 valence electrons. The van der Waals surface area contributed by atoms with Gasteiger partial charge in [-0.3, -0.25) is 9.59 Å². The van der Waals surface area contributed by atoms with Crippen molar-refractivity contribution in [1.29, 1.82) is 0 Å². The monoisotopic (exact) mass is 404 g/mol. The molecule has 2 aliphatic rings. The highest BCUT2D eigenvalue weighted by atomic mass is 16.3. The van der Waals surface area contributed by atoms with E-state index in [4.69, 9.17) is 4.42 Å². The van der Waals surface area contributed by atoms with Crippen LogP contribution in [0.1, 0.15) is 48.2 Å². The Labute approximate surface area is 176 Å². The number of piperazine rings is 1. The average Bonchev–Trinajstić information content (AvgIpc) is 3.41. The molecule has 2 amide bonds. The first-order chi connectivity index (χ1) is 14.6. The minimum Gasteiger partial charge on any atom is -0.450 e. The predicted octanol–water partition coefficient (Wildman–Crippen LogP) is 4.76. The molecule has 0 unspecified atom stereocenters. The van der Waals surface area contributed by atoms with Gasteiger partial charge in [-0.05, 0) is 31.1 Å². The SMILES string of the molecule is Cc1c(C(=O)N2CCN(C(=O)CC3CCCC3)CC2)oc2c1ccc1ccccc12. The maximum atomic E-state index is 13.2. The second-order valence-electron chi connectivity index (χ2n) is 8.75. The van der Waals surface area contributed by atoms with Crippen molar-refractivity contribution < 1.29 is 14.0 Å². The number of hydrogen-bond acceptors (Lipinski definition) is 3. The first-order valence-electron chi connectivity index (χ1n) is 11.1. The second-order valence-corrected chi connectivity index (χ2v) is 8.75. The number of furan rings is 1. The summed E-state index contributed by atoms with van der Waals surface area (Å²) < 4.78 is 6.12. The van der Waals surface area contributed by atoms with Crippen molar-refractivity contribution in [2.45, 2.75) is 39.0 Å². The van der Waals surface area contributed by atoms with Crippen LogP contribution in [-0.4, -0.2) is 47.8 Å². The van der Waals surface area contributed by atoms with Crippen molar-refractivity contribution in [2.24, 2.45) is 5.92 Å². The first-order valence-corrected chi connectivity index (χ1v) is 11.1. The summed E-state index contributed by atoms with van der Waals surface area (Å²) >= 11 is 0. The third-order valence-corrected chi connectivity index (χ3v) is 6.88. The molecule has 5 heteroatoms. The van der Waals surface area contributed by atoms with E-state index >= 15 is 0 Å². The Morgan fingerprint density at radius 3 is 2.40 bits per heavy atom. The molecule has 5 nitrogen and oxygen atoms in total. The molecule has 2 heterocycles. The molecular weight excluding hydrogens is 376 g/mol. The van der Waals surface area contributed by atoms with Gasteiger partial charge in [0.25, 0.3) is 5.91 Å². The summed E-state index contributed by atoms with van der Waals surface area (Å²) in [7, 11) is 0. The van der Waals surface area contributed by atoms with Crippen molar-refractivity contribution >= 4 is 33.6 Å². The molecule has 0 N–H and O–H groups in total. The van der Waals surface area contributed by atoms with Crippen LogP contribution < -0.4 is 0 Å². The highest BCUT2D eigenvalue weighted by Gasteiger charge is 2.29. The van der Waals surface area contributed by atoms with Crippen molar-refractivity contribution in [3.8, 4) is 0 Å². The predicted molar refractivity (Wildman–Crippen MR) is 118 cm³/mol. The second kappa shape index (κ2) is 7.78. The maximum absolute atomic E-state index is 13.2.